The molecule has 1 aromatic carbocycles. The highest BCUT2D eigenvalue weighted by Crippen LogP contribution is 2.20. The largest absolute Gasteiger partial charge is 0.347 e. The first-order valence-corrected chi connectivity index (χ1v) is 7.66. The molecule has 0 bridgehead atoms. The van der Waals surface area contributed by atoms with Crippen LogP contribution in [-0.2, 0) is 16.0 Å². The van der Waals surface area contributed by atoms with Crippen molar-refractivity contribution >= 4 is 44.8 Å². The lowest BCUT2D eigenvalue weighted by molar-refractivity contribution is -0.123. The molecule has 1 aromatic heterocycles. The molecule has 2 N–H and O–H groups in total. The zero-order valence-corrected chi connectivity index (χ0v) is 13.0. The summed E-state index contributed by atoms with van der Waals surface area (Å²) < 4.78 is 0.804. The van der Waals surface area contributed by atoms with Gasteiger partial charge in [-0.15, -0.1) is 11.3 Å². The summed E-state index contributed by atoms with van der Waals surface area (Å²) in [7, 11) is 0. The molecular weight excluding hydrogens is 340 g/mol. The van der Waals surface area contributed by atoms with Gasteiger partial charge in [-0.2, -0.15) is 0 Å². The smallest absolute Gasteiger partial charge is 0.243 e. The third-order valence-electron chi connectivity index (χ3n) is 2.51. The third kappa shape index (κ3) is 4.47. The summed E-state index contributed by atoms with van der Waals surface area (Å²) in [5.74, 6) is -0.411. The van der Waals surface area contributed by atoms with Crippen molar-refractivity contribution in [1.82, 2.24) is 5.32 Å². The first-order chi connectivity index (χ1) is 9.65. The van der Waals surface area contributed by atoms with Gasteiger partial charge in [-0.1, -0.05) is 18.2 Å². The lowest BCUT2D eigenvalue weighted by Crippen LogP contribution is -2.33. The average Bonchev–Trinajstić information content (AvgIpc) is 2.92. The minimum atomic E-state index is -0.253. The van der Waals surface area contributed by atoms with Gasteiger partial charge < -0.3 is 10.6 Å². The molecular formula is C14H13BrN2O2S. The summed E-state index contributed by atoms with van der Waals surface area (Å²) in [5, 5.41) is 7.25. The van der Waals surface area contributed by atoms with Crippen LogP contribution < -0.4 is 10.6 Å². The second-order valence-electron chi connectivity index (χ2n) is 4.06. The van der Waals surface area contributed by atoms with E-state index in [-0.39, 0.29) is 18.4 Å². The number of amides is 2. The topological polar surface area (TPSA) is 58.2 Å². The SMILES string of the molecule is O=C(Cc1cccs1)NCC(=O)Nc1ccccc1Br. The number of carbonyl (C=O) groups excluding carboxylic acids is 2. The fraction of sp³-hybridized carbons (Fsp3) is 0.143. The van der Waals surface area contributed by atoms with Crippen molar-refractivity contribution in [3.05, 3.63) is 51.1 Å². The van der Waals surface area contributed by atoms with Crippen molar-refractivity contribution < 1.29 is 9.59 Å². The second-order valence-corrected chi connectivity index (χ2v) is 5.95. The van der Waals surface area contributed by atoms with Crippen LogP contribution >= 0.6 is 27.3 Å². The van der Waals surface area contributed by atoms with Crippen LogP contribution in [0.2, 0.25) is 0 Å². The molecule has 0 fully saturated rings. The number of nitrogens with one attached hydrogen (secondary N) is 2. The molecule has 1 heterocycles. The summed E-state index contributed by atoms with van der Waals surface area (Å²) in [6, 6.07) is 11.1. The first-order valence-electron chi connectivity index (χ1n) is 5.98. The van der Waals surface area contributed by atoms with Crippen molar-refractivity contribution in [2.75, 3.05) is 11.9 Å². The van der Waals surface area contributed by atoms with Gasteiger partial charge in [-0.05, 0) is 39.5 Å². The first kappa shape index (κ1) is 14.7. The predicted octanol–water partition coefficient (Wildman–Crippen LogP) is 2.81. The van der Waals surface area contributed by atoms with E-state index in [0.717, 1.165) is 9.35 Å². The standard InChI is InChI=1S/C14H13BrN2O2S/c15-11-5-1-2-6-12(11)17-14(19)9-16-13(18)8-10-4-3-7-20-10/h1-7H,8-9H2,(H,16,18)(H,17,19). The Bertz CT molecular complexity index is 599. The van der Waals surface area contributed by atoms with Crippen molar-refractivity contribution in [1.29, 1.82) is 0 Å². The van der Waals surface area contributed by atoms with Crippen LogP contribution in [0.5, 0.6) is 0 Å². The van der Waals surface area contributed by atoms with Crippen molar-refractivity contribution in [3.63, 3.8) is 0 Å². The van der Waals surface area contributed by atoms with Gasteiger partial charge in [0, 0.05) is 9.35 Å². The maximum Gasteiger partial charge on any atom is 0.243 e. The molecule has 20 heavy (non-hydrogen) atoms. The zero-order chi connectivity index (χ0) is 14.4. The Morgan fingerprint density at radius 3 is 2.60 bits per heavy atom. The van der Waals surface area contributed by atoms with Gasteiger partial charge in [0.05, 0.1) is 18.7 Å². The number of thiophene rings is 1. The molecule has 2 rings (SSSR count). The van der Waals surface area contributed by atoms with Crippen molar-refractivity contribution in [2.24, 2.45) is 0 Å². The van der Waals surface area contributed by atoms with E-state index in [1.165, 1.54) is 11.3 Å². The molecule has 0 aliphatic carbocycles. The van der Waals surface area contributed by atoms with E-state index < -0.39 is 0 Å². The molecule has 0 spiro atoms. The Morgan fingerprint density at radius 2 is 1.90 bits per heavy atom. The predicted molar refractivity (Wildman–Crippen MR) is 83.8 cm³/mol. The van der Waals surface area contributed by atoms with E-state index in [1.807, 2.05) is 35.7 Å². The van der Waals surface area contributed by atoms with Gasteiger partial charge in [0.2, 0.25) is 11.8 Å². The number of rotatable bonds is 5. The lowest BCUT2D eigenvalue weighted by atomic mass is 10.3. The highest BCUT2D eigenvalue weighted by Gasteiger charge is 2.08. The molecule has 0 atom stereocenters. The van der Waals surface area contributed by atoms with E-state index in [0.29, 0.717) is 12.1 Å². The molecule has 4 nitrogen and oxygen atoms in total. The monoisotopic (exact) mass is 352 g/mol. The number of halogens is 1. The normalized spacial score (nSPS) is 10.1. The Labute approximate surface area is 129 Å². The maximum atomic E-state index is 11.7. The summed E-state index contributed by atoms with van der Waals surface area (Å²) in [5.41, 5.74) is 0.685. The fourth-order valence-corrected chi connectivity index (χ4v) is 2.66. The summed E-state index contributed by atoms with van der Waals surface area (Å²) >= 11 is 4.87. The van der Waals surface area contributed by atoms with Crippen LogP contribution in [0.3, 0.4) is 0 Å². The molecule has 0 aliphatic heterocycles. The molecule has 6 heteroatoms. The van der Waals surface area contributed by atoms with Gasteiger partial charge in [0.1, 0.15) is 0 Å². The number of hydrogen-bond acceptors (Lipinski definition) is 3. The molecule has 0 saturated carbocycles. The summed E-state index contributed by atoms with van der Waals surface area (Å²) in [6.45, 7) is -0.0362. The Morgan fingerprint density at radius 1 is 1.10 bits per heavy atom. The Balaban J connectivity index is 1.78. The van der Waals surface area contributed by atoms with Crippen molar-refractivity contribution in [2.45, 2.75) is 6.42 Å². The number of carbonyl (C=O) groups is 2. The minimum absolute atomic E-state index is 0.0362. The van der Waals surface area contributed by atoms with Crippen LogP contribution in [0.4, 0.5) is 5.69 Å². The van der Waals surface area contributed by atoms with E-state index in [1.54, 1.807) is 6.07 Å². The molecule has 2 aromatic rings. The molecule has 0 unspecified atom stereocenters. The molecule has 0 aliphatic rings. The van der Waals surface area contributed by atoms with Gasteiger partial charge >= 0.3 is 0 Å². The van der Waals surface area contributed by atoms with Crippen LogP contribution in [0, 0.1) is 0 Å². The second kappa shape index (κ2) is 7.21. The van der Waals surface area contributed by atoms with Gasteiger partial charge in [0.15, 0.2) is 0 Å². The number of hydrogen-bond donors (Lipinski definition) is 2. The minimum Gasteiger partial charge on any atom is -0.347 e. The van der Waals surface area contributed by atoms with E-state index in [2.05, 4.69) is 26.6 Å². The number of para-hydroxylation sites is 1. The van der Waals surface area contributed by atoms with Gasteiger partial charge in [-0.3, -0.25) is 9.59 Å². The fourth-order valence-electron chi connectivity index (χ4n) is 1.57. The maximum absolute atomic E-state index is 11.7. The van der Waals surface area contributed by atoms with Crippen LogP contribution in [0.15, 0.2) is 46.3 Å². The number of benzene rings is 1. The van der Waals surface area contributed by atoms with Gasteiger partial charge in [0.25, 0.3) is 0 Å². The summed E-state index contributed by atoms with van der Waals surface area (Å²) in [6.07, 6.45) is 0.306. The Kier molecular flexibility index (Phi) is 5.31. The average molecular weight is 353 g/mol. The van der Waals surface area contributed by atoms with E-state index in [9.17, 15) is 9.59 Å². The molecule has 0 radical (unpaired) electrons. The molecule has 104 valence electrons. The van der Waals surface area contributed by atoms with Crippen LogP contribution in [0.25, 0.3) is 0 Å². The number of anilines is 1. The van der Waals surface area contributed by atoms with Crippen LogP contribution in [-0.4, -0.2) is 18.4 Å². The molecule has 0 saturated heterocycles. The highest BCUT2D eigenvalue weighted by atomic mass is 79.9. The summed E-state index contributed by atoms with van der Waals surface area (Å²) in [4.78, 5) is 24.3. The molecule has 2 amide bonds. The quantitative estimate of drug-likeness (QED) is 0.869. The zero-order valence-electron chi connectivity index (χ0n) is 10.6. The highest BCUT2D eigenvalue weighted by molar-refractivity contribution is 9.10. The van der Waals surface area contributed by atoms with E-state index in [4.69, 9.17) is 0 Å². The van der Waals surface area contributed by atoms with Crippen molar-refractivity contribution in [3.8, 4) is 0 Å². The van der Waals surface area contributed by atoms with Crippen LogP contribution in [0.1, 0.15) is 4.88 Å². The Hall–Kier alpha value is -1.66. The third-order valence-corrected chi connectivity index (χ3v) is 4.08. The lowest BCUT2D eigenvalue weighted by Gasteiger charge is -2.08. The van der Waals surface area contributed by atoms with E-state index >= 15 is 0 Å². The van der Waals surface area contributed by atoms with Gasteiger partial charge in [-0.25, -0.2) is 0 Å².